The third kappa shape index (κ3) is 6.31. The van der Waals surface area contributed by atoms with Crippen LogP contribution >= 0.6 is 23.5 Å². The summed E-state index contributed by atoms with van der Waals surface area (Å²) in [5, 5.41) is 18.3. The van der Waals surface area contributed by atoms with Gasteiger partial charge in [0.2, 0.25) is 0 Å². The topological polar surface area (TPSA) is 58.9 Å². The fourth-order valence-electron chi connectivity index (χ4n) is 1.46. The average Bonchev–Trinajstić information content (AvgIpc) is 2.50. The van der Waals surface area contributed by atoms with Gasteiger partial charge in [-0.1, -0.05) is 11.8 Å². The van der Waals surface area contributed by atoms with E-state index >= 15 is 0 Å². The van der Waals surface area contributed by atoms with Gasteiger partial charge in [-0.3, -0.25) is 0 Å². The van der Waals surface area contributed by atoms with Gasteiger partial charge in [0, 0.05) is 15.5 Å². The van der Waals surface area contributed by atoms with Crippen molar-refractivity contribution in [2.75, 3.05) is 18.3 Å². The molecule has 0 atom stereocenters. The molecule has 0 saturated carbocycles. The molecule has 4 nitrogen and oxygen atoms in total. The molecule has 21 heavy (non-hydrogen) atoms. The van der Waals surface area contributed by atoms with E-state index in [4.69, 9.17) is 20.0 Å². The van der Waals surface area contributed by atoms with Crippen LogP contribution in [0.25, 0.3) is 0 Å². The fourth-order valence-corrected chi connectivity index (χ4v) is 2.76. The van der Waals surface area contributed by atoms with E-state index < -0.39 is 0 Å². The van der Waals surface area contributed by atoms with Crippen LogP contribution in [0.5, 0.6) is 11.5 Å². The fraction of sp³-hybridized carbons (Fsp3) is 0.200. The highest BCUT2D eigenvalue weighted by atomic mass is 32.2. The molecule has 0 amide bonds. The van der Waals surface area contributed by atoms with Crippen molar-refractivity contribution in [2.45, 2.75) is 9.79 Å². The average molecular weight is 324 g/mol. The smallest absolute Gasteiger partial charge is 0.132 e. The first kappa shape index (κ1) is 16.0. The van der Waals surface area contributed by atoms with Gasteiger partial charge in [-0.25, -0.2) is 9.78 Å². The van der Waals surface area contributed by atoms with Crippen LogP contribution in [0, 0.1) is 0 Å². The highest BCUT2D eigenvalue weighted by Crippen LogP contribution is 2.22. The lowest BCUT2D eigenvalue weighted by Gasteiger charge is -2.04. The summed E-state index contributed by atoms with van der Waals surface area (Å²) in [6, 6.07) is 14.0. The third-order valence-electron chi connectivity index (χ3n) is 2.47. The predicted molar refractivity (Wildman–Crippen MR) is 84.7 cm³/mol. The van der Waals surface area contributed by atoms with Crippen molar-refractivity contribution >= 4 is 23.5 Å². The van der Waals surface area contributed by atoms with Gasteiger partial charge in [0.05, 0.1) is 6.61 Å². The van der Waals surface area contributed by atoms with E-state index in [-0.39, 0.29) is 11.5 Å². The molecule has 2 N–H and O–H groups in total. The summed E-state index contributed by atoms with van der Waals surface area (Å²) in [7, 11) is 0. The monoisotopic (exact) mass is 324 g/mol. The molecule has 0 aromatic heterocycles. The number of thioether (sulfide) groups is 2. The van der Waals surface area contributed by atoms with E-state index in [2.05, 4.69) is 0 Å². The molecule has 0 spiro atoms. The molecule has 0 bridgehead atoms. The molecular weight excluding hydrogens is 308 g/mol. The Bertz CT molecular complexity index is 479. The number of benzene rings is 2. The van der Waals surface area contributed by atoms with Gasteiger partial charge in [-0.15, -0.1) is 11.8 Å². The summed E-state index contributed by atoms with van der Waals surface area (Å²) in [5.41, 5.74) is 0. The number of rotatable bonds is 8. The Labute approximate surface area is 132 Å². The Balaban J connectivity index is 1.52. The zero-order valence-corrected chi connectivity index (χ0v) is 12.9. The molecule has 6 heteroatoms. The second kappa shape index (κ2) is 8.84. The third-order valence-corrected chi connectivity index (χ3v) is 4.26. The van der Waals surface area contributed by atoms with Crippen LogP contribution in [0.3, 0.4) is 0 Å². The maximum Gasteiger partial charge on any atom is 0.132 e. The molecule has 0 fully saturated rings. The Kier molecular flexibility index (Phi) is 6.75. The first-order valence-electron chi connectivity index (χ1n) is 6.32. The molecule has 0 unspecified atom stereocenters. The largest absolute Gasteiger partial charge is 0.508 e. The number of phenolic OH excluding ortho intramolecular Hbond substituents is 2. The molecule has 112 valence electrons. The maximum absolute atomic E-state index is 9.16. The molecular formula is C15H16O4S2. The molecule has 0 radical (unpaired) electrons. The van der Waals surface area contributed by atoms with E-state index in [1.807, 2.05) is 24.3 Å². The second-order valence-electron chi connectivity index (χ2n) is 4.04. The summed E-state index contributed by atoms with van der Waals surface area (Å²) in [6.07, 6.45) is 0. The van der Waals surface area contributed by atoms with E-state index in [1.165, 1.54) is 11.8 Å². The van der Waals surface area contributed by atoms with Crippen molar-refractivity contribution in [3.63, 3.8) is 0 Å². The van der Waals surface area contributed by atoms with Crippen LogP contribution in [-0.4, -0.2) is 28.5 Å². The van der Waals surface area contributed by atoms with Gasteiger partial charge in [-0.2, -0.15) is 0 Å². The Hall–Kier alpha value is -1.34. The first-order chi connectivity index (χ1) is 10.2. The summed E-state index contributed by atoms with van der Waals surface area (Å²) >= 11 is 3.13. The minimum atomic E-state index is 0.253. The summed E-state index contributed by atoms with van der Waals surface area (Å²) < 4.78 is 0. The van der Waals surface area contributed by atoms with Gasteiger partial charge in [-0.05, 0) is 48.5 Å². The van der Waals surface area contributed by atoms with Crippen LogP contribution in [0.15, 0.2) is 58.3 Å². The molecule has 0 aliphatic carbocycles. The summed E-state index contributed by atoms with van der Waals surface area (Å²) in [5.74, 6) is 1.69. The molecule has 0 saturated heterocycles. The predicted octanol–water partition coefficient (Wildman–Crippen LogP) is 3.89. The molecule has 0 heterocycles. The standard InChI is InChI=1S/C15H16O4S2/c16-12-1-5-14(6-2-12)20-10-9-18-19-11-21-15-7-3-13(17)4-8-15/h1-8,16-17H,9-11H2. The normalized spacial score (nSPS) is 10.7. The minimum Gasteiger partial charge on any atom is -0.508 e. The highest BCUT2D eigenvalue weighted by molar-refractivity contribution is 7.99. The van der Waals surface area contributed by atoms with Crippen molar-refractivity contribution in [2.24, 2.45) is 0 Å². The lowest BCUT2D eigenvalue weighted by atomic mass is 10.3. The van der Waals surface area contributed by atoms with Gasteiger partial charge < -0.3 is 10.2 Å². The van der Waals surface area contributed by atoms with Crippen LogP contribution in [0.1, 0.15) is 0 Å². The molecule has 2 aromatic carbocycles. The Morgan fingerprint density at radius 2 is 1.24 bits per heavy atom. The van der Waals surface area contributed by atoms with E-state index in [0.29, 0.717) is 12.5 Å². The van der Waals surface area contributed by atoms with E-state index in [0.717, 1.165) is 15.5 Å². The van der Waals surface area contributed by atoms with Crippen LogP contribution in [0.4, 0.5) is 0 Å². The van der Waals surface area contributed by atoms with Crippen LogP contribution in [0.2, 0.25) is 0 Å². The SMILES string of the molecule is Oc1ccc(SCCOOCSc2ccc(O)cc2)cc1. The molecule has 0 aliphatic rings. The first-order valence-corrected chi connectivity index (χ1v) is 8.29. The second-order valence-corrected chi connectivity index (χ2v) is 6.20. The Morgan fingerprint density at radius 3 is 1.81 bits per heavy atom. The summed E-state index contributed by atoms with van der Waals surface area (Å²) in [4.78, 5) is 12.2. The number of phenols is 2. The van der Waals surface area contributed by atoms with Crippen molar-refractivity contribution in [1.29, 1.82) is 0 Å². The van der Waals surface area contributed by atoms with Crippen LogP contribution < -0.4 is 0 Å². The van der Waals surface area contributed by atoms with Crippen molar-refractivity contribution in [3.8, 4) is 11.5 Å². The molecule has 2 aromatic rings. The zero-order valence-electron chi connectivity index (χ0n) is 11.3. The van der Waals surface area contributed by atoms with Crippen molar-refractivity contribution in [3.05, 3.63) is 48.5 Å². The van der Waals surface area contributed by atoms with Gasteiger partial charge in [0.1, 0.15) is 17.4 Å². The van der Waals surface area contributed by atoms with E-state index in [1.54, 1.807) is 36.0 Å². The quantitative estimate of drug-likeness (QED) is 0.253. The highest BCUT2D eigenvalue weighted by Gasteiger charge is 1.97. The number of aromatic hydroxyl groups is 2. The lowest BCUT2D eigenvalue weighted by Crippen LogP contribution is -1.98. The van der Waals surface area contributed by atoms with Gasteiger partial charge in [0.15, 0.2) is 0 Å². The molecule has 2 rings (SSSR count). The van der Waals surface area contributed by atoms with Crippen molar-refractivity contribution < 1.29 is 20.0 Å². The summed E-state index contributed by atoms with van der Waals surface area (Å²) in [6.45, 7) is 0.488. The van der Waals surface area contributed by atoms with Gasteiger partial charge >= 0.3 is 0 Å². The maximum atomic E-state index is 9.16. The lowest BCUT2D eigenvalue weighted by molar-refractivity contribution is -0.274. The Morgan fingerprint density at radius 1 is 0.714 bits per heavy atom. The number of hydrogen-bond donors (Lipinski definition) is 2. The number of hydrogen-bond acceptors (Lipinski definition) is 6. The van der Waals surface area contributed by atoms with Gasteiger partial charge in [0.25, 0.3) is 0 Å². The molecule has 0 aliphatic heterocycles. The van der Waals surface area contributed by atoms with E-state index in [9.17, 15) is 0 Å². The van der Waals surface area contributed by atoms with Crippen LogP contribution in [-0.2, 0) is 9.78 Å². The zero-order chi connectivity index (χ0) is 14.9. The minimum absolute atomic E-state index is 0.253. The van der Waals surface area contributed by atoms with Crippen molar-refractivity contribution in [1.82, 2.24) is 0 Å².